The molecule has 0 aromatic heterocycles. The van der Waals surface area contributed by atoms with Crippen molar-refractivity contribution in [1.29, 1.82) is 0 Å². The van der Waals surface area contributed by atoms with Gasteiger partial charge >= 0.3 is 5.97 Å². The summed E-state index contributed by atoms with van der Waals surface area (Å²) in [5, 5.41) is 3.45. The molecule has 108 valence electrons. The Kier molecular flexibility index (Phi) is 3.78. The molecule has 20 heavy (non-hydrogen) atoms. The van der Waals surface area contributed by atoms with Gasteiger partial charge in [-0.05, 0) is 25.1 Å². The Balaban J connectivity index is 1.69. The summed E-state index contributed by atoms with van der Waals surface area (Å²) in [6, 6.07) is 6.00. The van der Waals surface area contributed by atoms with Crippen molar-refractivity contribution in [3.63, 3.8) is 0 Å². The minimum Gasteiger partial charge on any atom is -0.491 e. The van der Waals surface area contributed by atoms with Gasteiger partial charge in [-0.15, -0.1) is 0 Å². The third-order valence-corrected chi connectivity index (χ3v) is 3.57. The molecule has 2 atom stereocenters. The maximum Gasteiger partial charge on any atom is 0.347 e. The van der Waals surface area contributed by atoms with E-state index >= 15 is 0 Å². The van der Waals surface area contributed by atoms with E-state index in [1.54, 1.807) is 0 Å². The van der Waals surface area contributed by atoms with Gasteiger partial charge in [0.2, 0.25) is 0 Å². The Labute approximate surface area is 118 Å². The van der Waals surface area contributed by atoms with Crippen LogP contribution in [0, 0.1) is 0 Å². The predicted molar refractivity (Wildman–Crippen MR) is 73.0 cm³/mol. The normalized spacial score (nSPS) is 24.1. The zero-order valence-electron chi connectivity index (χ0n) is 11.6. The Morgan fingerprint density at radius 2 is 2.30 bits per heavy atom. The Hall–Kier alpha value is -1.75. The number of hydrogen-bond donors (Lipinski definition) is 1. The molecule has 2 heterocycles. The second kappa shape index (κ2) is 5.71. The van der Waals surface area contributed by atoms with E-state index in [0.29, 0.717) is 25.4 Å². The lowest BCUT2D eigenvalue weighted by atomic mass is 10.1. The molecule has 0 saturated carbocycles. The van der Waals surface area contributed by atoms with E-state index in [1.165, 1.54) is 0 Å². The highest BCUT2D eigenvalue weighted by Crippen LogP contribution is 2.35. The second-order valence-corrected chi connectivity index (χ2v) is 5.08. The van der Waals surface area contributed by atoms with Crippen molar-refractivity contribution < 1.29 is 19.0 Å². The number of nitrogens with one attached hydrogen (secondary N) is 1. The number of cyclic esters (lactones) is 1. The fourth-order valence-corrected chi connectivity index (χ4v) is 2.50. The predicted octanol–water partition coefficient (Wildman–Crippen LogP) is 1.81. The van der Waals surface area contributed by atoms with Gasteiger partial charge in [0, 0.05) is 18.1 Å². The van der Waals surface area contributed by atoms with Crippen LogP contribution >= 0.6 is 0 Å². The zero-order valence-corrected chi connectivity index (χ0v) is 11.6. The van der Waals surface area contributed by atoms with Gasteiger partial charge in [-0.2, -0.15) is 0 Å². The van der Waals surface area contributed by atoms with Gasteiger partial charge in [-0.25, -0.2) is 4.79 Å². The minimum atomic E-state index is -0.483. The van der Waals surface area contributed by atoms with E-state index in [-0.39, 0.29) is 12.0 Å². The van der Waals surface area contributed by atoms with Gasteiger partial charge in [0.15, 0.2) is 6.10 Å². The molecule has 0 amide bonds. The monoisotopic (exact) mass is 277 g/mol. The van der Waals surface area contributed by atoms with Crippen LogP contribution in [0.15, 0.2) is 18.2 Å². The number of rotatable bonds is 5. The summed E-state index contributed by atoms with van der Waals surface area (Å²) in [4.78, 5) is 11.4. The highest BCUT2D eigenvalue weighted by Gasteiger charge is 2.29. The summed E-state index contributed by atoms with van der Waals surface area (Å²) >= 11 is 0. The number of fused-ring (bicyclic) bond motifs is 1. The quantitative estimate of drug-likeness (QED) is 0.832. The van der Waals surface area contributed by atoms with Crippen molar-refractivity contribution in [2.75, 3.05) is 19.8 Å². The third kappa shape index (κ3) is 2.58. The average molecular weight is 277 g/mol. The van der Waals surface area contributed by atoms with Crippen LogP contribution in [0.25, 0.3) is 0 Å². The highest BCUT2D eigenvalue weighted by molar-refractivity contribution is 5.76. The Bertz CT molecular complexity index is 503. The van der Waals surface area contributed by atoms with E-state index in [4.69, 9.17) is 14.2 Å². The summed E-state index contributed by atoms with van der Waals surface area (Å²) in [6.45, 7) is 4.19. The topological polar surface area (TPSA) is 56.8 Å². The van der Waals surface area contributed by atoms with Crippen molar-refractivity contribution in [3.05, 3.63) is 23.8 Å². The molecular formula is C15H19NO4. The second-order valence-electron chi connectivity index (χ2n) is 5.08. The Morgan fingerprint density at radius 3 is 3.05 bits per heavy atom. The number of hydrogen-bond acceptors (Lipinski definition) is 5. The lowest BCUT2D eigenvalue weighted by Crippen LogP contribution is -2.23. The van der Waals surface area contributed by atoms with Crippen LogP contribution in [0.2, 0.25) is 0 Å². The van der Waals surface area contributed by atoms with Crippen LogP contribution in [-0.2, 0) is 9.53 Å². The third-order valence-electron chi connectivity index (χ3n) is 3.57. The maximum atomic E-state index is 11.4. The summed E-state index contributed by atoms with van der Waals surface area (Å²) in [6.07, 6.45) is 1.22. The van der Waals surface area contributed by atoms with Crippen LogP contribution in [0.3, 0.4) is 0 Å². The molecule has 1 saturated heterocycles. The van der Waals surface area contributed by atoms with Crippen molar-refractivity contribution >= 4 is 5.97 Å². The van der Waals surface area contributed by atoms with Crippen molar-refractivity contribution in [2.45, 2.75) is 31.9 Å². The van der Waals surface area contributed by atoms with Crippen molar-refractivity contribution in [2.24, 2.45) is 0 Å². The molecule has 0 radical (unpaired) electrons. The molecular weight excluding hydrogens is 258 g/mol. The van der Waals surface area contributed by atoms with E-state index in [0.717, 1.165) is 24.3 Å². The number of carbonyl (C=O) groups excluding carboxylic acids is 1. The molecule has 0 spiro atoms. The molecule has 1 N–H and O–H groups in total. The summed E-state index contributed by atoms with van der Waals surface area (Å²) in [7, 11) is 0. The first-order chi connectivity index (χ1) is 9.78. The van der Waals surface area contributed by atoms with Gasteiger partial charge in [0.05, 0.1) is 12.6 Å². The SMILES string of the molecule is CCCNC1COc2cc(OC3CCOC3=O)ccc21. The van der Waals surface area contributed by atoms with E-state index in [9.17, 15) is 4.79 Å². The fraction of sp³-hybridized carbons (Fsp3) is 0.533. The molecule has 1 fully saturated rings. The first-order valence-electron chi connectivity index (χ1n) is 7.11. The summed E-state index contributed by atoms with van der Waals surface area (Å²) < 4.78 is 16.2. The van der Waals surface area contributed by atoms with Crippen molar-refractivity contribution in [1.82, 2.24) is 5.32 Å². The van der Waals surface area contributed by atoms with Crippen LogP contribution < -0.4 is 14.8 Å². The van der Waals surface area contributed by atoms with Gasteiger partial charge in [0.1, 0.15) is 18.1 Å². The minimum absolute atomic E-state index is 0.246. The van der Waals surface area contributed by atoms with Gasteiger partial charge in [0.25, 0.3) is 0 Å². The molecule has 2 aliphatic rings. The number of benzene rings is 1. The van der Waals surface area contributed by atoms with E-state index in [2.05, 4.69) is 12.2 Å². The van der Waals surface area contributed by atoms with Gasteiger partial charge in [-0.1, -0.05) is 6.92 Å². The van der Waals surface area contributed by atoms with E-state index in [1.807, 2.05) is 18.2 Å². The maximum absolute atomic E-state index is 11.4. The molecule has 3 rings (SSSR count). The smallest absolute Gasteiger partial charge is 0.347 e. The van der Waals surface area contributed by atoms with E-state index < -0.39 is 6.10 Å². The molecule has 5 heteroatoms. The van der Waals surface area contributed by atoms with Crippen LogP contribution in [-0.4, -0.2) is 31.8 Å². The Morgan fingerprint density at radius 1 is 1.40 bits per heavy atom. The van der Waals surface area contributed by atoms with Gasteiger partial charge < -0.3 is 19.5 Å². The number of esters is 1. The van der Waals surface area contributed by atoms with Crippen LogP contribution in [0.1, 0.15) is 31.4 Å². The molecule has 5 nitrogen and oxygen atoms in total. The zero-order chi connectivity index (χ0) is 13.9. The molecule has 1 aromatic carbocycles. The van der Waals surface area contributed by atoms with Crippen LogP contribution in [0.5, 0.6) is 11.5 Å². The lowest BCUT2D eigenvalue weighted by Gasteiger charge is -2.12. The first-order valence-corrected chi connectivity index (χ1v) is 7.11. The molecule has 2 aliphatic heterocycles. The summed E-state index contributed by atoms with van der Waals surface area (Å²) in [5.41, 5.74) is 1.15. The molecule has 2 unspecified atom stereocenters. The summed E-state index contributed by atoms with van der Waals surface area (Å²) in [5.74, 6) is 1.21. The molecule has 0 aliphatic carbocycles. The average Bonchev–Trinajstić information content (AvgIpc) is 3.03. The van der Waals surface area contributed by atoms with Gasteiger partial charge in [-0.3, -0.25) is 0 Å². The van der Waals surface area contributed by atoms with Crippen molar-refractivity contribution in [3.8, 4) is 11.5 Å². The lowest BCUT2D eigenvalue weighted by molar-refractivity contribution is -0.143. The highest BCUT2D eigenvalue weighted by atomic mass is 16.6. The molecule has 1 aromatic rings. The number of ether oxygens (including phenoxy) is 3. The van der Waals surface area contributed by atoms with Crippen LogP contribution in [0.4, 0.5) is 0 Å². The number of carbonyl (C=O) groups is 1. The first kappa shape index (κ1) is 13.2. The molecule has 0 bridgehead atoms. The fourth-order valence-electron chi connectivity index (χ4n) is 2.50. The largest absolute Gasteiger partial charge is 0.491 e. The standard InChI is InChI=1S/C15H19NO4/c1-2-6-16-12-9-19-14-8-10(3-4-11(12)14)20-13-5-7-18-15(13)17/h3-4,8,12-13,16H,2,5-7,9H2,1H3.